The number of nitrogens with zero attached hydrogens (tertiary/aromatic N) is 1. The maximum Gasteiger partial charge on any atom is 0.137 e. The maximum absolute atomic E-state index is 6.55. The number of furan rings is 1. The standard InChI is InChI=1S/C52H33NO/c1-2-9-34(10-3-1)38-13-8-14-42(32-38)53(43-25-29-49-51(33-43)54-50-30-22-37-12-5-7-16-46(37)52(49)50)41-23-17-35(18-24-41)39-20-26-45-40(31-39)21-28-47-44-15-6-4-11-36(44)19-27-48(45)47/h1-33H. The first-order chi connectivity index (χ1) is 26.7. The van der Waals surface area contributed by atoms with E-state index in [0.29, 0.717) is 0 Å². The van der Waals surface area contributed by atoms with E-state index in [-0.39, 0.29) is 0 Å². The lowest BCUT2D eigenvalue weighted by molar-refractivity contribution is 0.669. The van der Waals surface area contributed by atoms with E-state index in [0.717, 1.165) is 39.0 Å². The fourth-order valence-electron chi connectivity index (χ4n) is 8.39. The zero-order valence-corrected chi connectivity index (χ0v) is 29.4. The summed E-state index contributed by atoms with van der Waals surface area (Å²) in [5.41, 5.74) is 9.69. The predicted octanol–water partition coefficient (Wildman–Crippen LogP) is 15.0. The zero-order chi connectivity index (χ0) is 35.6. The van der Waals surface area contributed by atoms with Crippen LogP contribution >= 0.6 is 0 Å². The van der Waals surface area contributed by atoms with E-state index in [4.69, 9.17) is 4.42 Å². The molecule has 11 rings (SSSR count). The molecule has 0 amide bonds. The molecule has 0 spiro atoms. The maximum atomic E-state index is 6.55. The molecule has 2 nitrogen and oxygen atoms in total. The molecule has 0 unspecified atom stereocenters. The number of fused-ring (bicyclic) bond motifs is 10. The van der Waals surface area contributed by atoms with Gasteiger partial charge in [-0.1, -0.05) is 146 Å². The summed E-state index contributed by atoms with van der Waals surface area (Å²) < 4.78 is 6.55. The van der Waals surface area contributed by atoms with E-state index >= 15 is 0 Å². The molecule has 1 aromatic heterocycles. The number of hydrogen-bond acceptors (Lipinski definition) is 2. The van der Waals surface area contributed by atoms with E-state index in [1.807, 2.05) is 0 Å². The zero-order valence-electron chi connectivity index (χ0n) is 29.4. The van der Waals surface area contributed by atoms with Gasteiger partial charge in [-0.2, -0.15) is 0 Å². The van der Waals surface area contributed by atoms with E-state index in [9.17, 15) is 0 Å². The summed E-state index contributed by atoms with van der Waals surface area (Å²) in [4.78, 5) is 2.33. The normalized spacial score (nSPS) is 11.7. The molecule has 11 aromatic rings. The second-order valence-electron chi connectivity index (χ2n) is 14.1. The largest absolute Gasteiger partial charge is 0.456 e. The highest BCUT2D eigenvalue weighted by atomic mass is 16.3. The van der Waals surface area contributed by atoms with Gasteiger partial charge in [-0.3, -0.25) is 0 Å². The third-order valence-electron chi connectivity index (χ3n) is 11.0. The van der Waals surface area contributed by atoms with Gasteiger partial charge in [0, 0.05) is 33.9 Å². The van der Waals surface area contributed by atoms with Gasteiger partial charge in [0.15, 0.2) is 0 Å². The minimum atomic E-state index is 0.872. The minimum absolute atomic E-state index is 0.872. The fraction of sp³-hybridized carbons (Fsp3) is 0. The number of anilines is 3. The quantitative estimate of drug-likeness (QED) is 0.168. The molecule has 0 fully saturated rings. The van der Waals surface area contributed by atoms with Gasteiger partial charge in [0.1, 0.15) is 11.2 Å². The second-order valence-corrected chi connectivity index (χ2v) is 14.1. The highest BCUT2D eigenvalue weighted by molar-refractivity contribution is 6.19. The van der Waals surface area contributed by atoms with Crippen molar-refractivity contribution >= 4 is 82.1 Å². The van der Waals surface area contributed by atoms with Crippen molar-refractivity contribution < 1.29 is 4.42 Å². The van der Waals surface area contributed by atoms with Crippen molar-refractivity contribution in [1.82, 2.24) is 0 Å². The van der Waals surface area contributed by atoms with Crippen molar-refractivity contribution in [1.29, 1.82) is 0 Å². The topological polar surface area (TPSA) is 16.4 Å². The second kappa shape index (κ2) is 12.2. The Morgan fingerprint density at radius 3 is 1.67 bits per heavy atom. The van der Waals surface area contributed by atoms with E-state index in [2.05, 4.69) is 205 Å². The molecular formula is C52H33NO. The molecule has 0 bridgehead atoms. The van der Waals surface area contributed by atoms with Crippen LogP contribution in [-0.4, -0.2) is 0 Å². The highest BCUT2D eigenvalue weighted by Gasteiger charge is 2.18. The van der Waals surface area contributed by atoms with Crippen LogP contribution < -0.4 is 4.90 Å². The average molecular weight is 688 g/mol. The Kier molecular flexibility index (Phi) is 6.90. The minimum Gasteiger partial charge on any atom is -0.456 e. The van der Waals surface area contributed by atoms with Crippen molar-refractivity contribution in [3.05, 3.63) is 200 Å². The van der Waals surface area contributed by atoms with Gasteiger partial charge < -0.3 is 9.32 Å². The van der Waals surface area contributed by atoms with Gasteiger partial charge >= 0.3 is 0 Å². The van der Waals surface area contributed by atoms with Gasteiger partial charge in [0.05, 0.1) is 0 Å². The first kappa shape index (κ1) is 30.5. The van der Waals surface area contributed by atoms with E-state index < -0.39 is 0 Å². The van der Waals surface area contributed by atoms with E-state index in [1.54, 1.807) is 0 Å². The van der Waals surface area contributed by atoms with Crippen molar-refractivity contribution in [3.63, 3.8) is 0 Å². The molecule has 0 saturated heterocycles. The number of benzene rings is 10. The molecular weight excluding hydrogens is 655 g/mol. The summed E-state index contributed by atoms with van der Waals surface area (Å²) in [5.74, 6) is 0. The molecule has 0 radical (unpaired) electrons. The summed E-state index contributed by atoms with van der Waals surface area (Å²) >= 11 is 0. The molecule has 0 aliphatic carbocycles. The fourth-order valence-corrected chi connectivity index (χ4v) is 8.39. The molecule has 1 heterocycles. The molecule has 0 atom stereocenters. The molecule has 0 saturated carbocycles. The molecule has 54 heavy (non-hydrogen) atoms. The average Bonchev–Trinajstić information content (AvgIpc) is 3.63. The number of rotatable bonds is 5. The van der Waals surface area contributed by atoms with Crippen molar-refractivity contribution in [3.8, 4) is 22.3 Å². The Morgan fingerprint density at radius 2 is 0.833 bits per heavy atom. The summed E-state index contributed by atoms with van der Waals surface area (Å²) in [6, 6.07) is 72.2. The van der Waals surface area contributed by atoms with Crippen LogP contribution in [0.15, 0.2) is 205 Å². The lowest BCUT2D eigenvalue weighted by Crippen LogP contribution is -2.10. The summed E-state index contributed by atoms with van der Waals surface area (Å²) in [7, 11) is 0. The first-order valence-corrected chi connectivity index (χ1v) is 18.5. The summed E-state index contributed by atoms with van der Waals surface area (Å²) in [6.07, 6.45) is 0. The van der Waals surface area contributed by atoms with Gasteiger partial charge in [0.25, 0.3) is 0 Å². The lowest BCUT2D eigenvalue weighted by atomic mass is 9.95. The van der Waals surface area contributed by atoms with Crippen LogP contribution in [0.2, 0.25) is 0 Å². The Hall–Kier alpha value is -7.16. The van der Waals surface area contributed by atoms with Gasteiger partial charge in [0.2, 0.25) is 0 Å². The van der Waals surface area contributed by atoms with Gasteiger partial charge in [-0.15, -0.1) is 0 Å². The Balaban J connectivity index is 1.02. The van der Waals surface area contributed by atoms with Crippen LogP contribution in [-0.2, 0) is 0 Å². The first-order valence-electron chi connectivity index (χ1n) is 18.5. The highest BCUT2D eigenvalue weighted by Crippen LogP contribution is 2.42. The molecule has 10 aromatic carbocycles. The predicted molar refractivity (Wildman–Crippen MR) is 229 cm³/mol. The Labute approximate surface area is 312 Å². The number of hydrogen-bond donors (Lipinski definition) is 0. The summed E-state index contributed by atoms with van der Waals surface area (Å²) in [5, 5.41) is 12.4. The van der Waals surface area contributed by atoms with Crippen LogP contribution in [0.3, 0.4) is 0 Å². The summed E-state index contributed by atoms with van der Waals surface area (Å²) in [6.45, 7) is 0. The SMILES string of the molecule is c1ccc(-c2cccc(N(c3ccc(-c4ccc5c(ccc6c7ccccc7ccc56)c4)cc3)c3ccc4c(c3)oc3ccc5ccccc5c34)c2)cc1. The van der Waals surface area contributed by atoms with Crippen molar-refractivity contribution in [2.45, 2.75) is 0 Å². The van der Waals surface area contributed by atoms with Crippen molar-refractivity contribution in [2.24, 2.45) is 0 Å². The molecule has 0 N–H and O–H groups in total. The van der Waals surface area contributed by atoms with Crippen LogP contribution in [0, 0.1) is 0 Å². The van der Waals surface area contributed by atoms with Gasteiger partial charge in [-0.25, -0.2) is 0 Å². The van der Waals surface area contributed by atoms with Crippen LogP contribution in [0.25, 0.3) is 87.3 Å². The monoisotopic (exact) mass is 687 g/mol. The molecule has 2 heteroatoms. The van der Waals surface area contributed by atoms with Crippen LogP contribution in [0.5, 0.6) is 0 Å². The van der Waals surface area contributed by atoms with Gasteiger partial charge in [-0.05, 0) is 114 Å². The molecule has 252 valence electrons. The van der Waals surface area contributed by atoms with Crippen molar-refractivity contribution in [2.75, 3.05) is 4.90 Å². The van der Waals surface area contributed by atoms with E-state index in [1.165, 1.54) is 65.3 Å². The van der Waals surface area contributed by atoms with Crippen LogP contribution in [0.1, 0.15) is 0 Å². The molecule has 0 aliphatic heterocycles. The Bertz CT molecular complexity index is 3210. The molecule has 0 aliphatic rings. The smallest absolute Gasteiger partial charge is 0.137 e. The Morgan fingerprint density at radius 1 is 0.278 bits per heavy atom. The third-order valence-corrected chi connectivity index (χ3v) is 11.0. The van der Waals surface area contributed by atoms with Crippen LogP contribution in [0.4, 0.5) is 17.1 Å². The third kappa shape index (κ3) is 4.96. The lowest BCUT2D eigenvalue weighted by Gasteiger charge is -2.26.